The van der Waals surface area contributed by atoms with Crippen molar-refractivity contribution in [2.24, 2.45) is 0 Å². The molecule has 3 rings (SSSR count). The third-order valence-corrected chi connectivity index (χ3v) is 6.01. The van der Waals surface area contributed by atoms with Crippen molar-refractivity contribution >= 4 is 15.9 Å². The van der Waals surface area contributed by atoms with Gasteiger partial charge in [-0.25, -0.2) is 8.42 Å². The third kappa shape index (κ3) is 4.28. The van der Waals surface area contributed by atoms with Gasteiger partial charge in [0.25, 0.3) is 5.91 Å². The third-order valence-electron chi connectivity index (χ3n) is 4.21. The summed E-state index contributed by atoms with van der Waals surface area (Å²) < 4.78 is 37.3. The van der Waals surface area contributed by atoms with E-state index in [1.165, 1.54) is 39.4 Å². The molecule has 1 amide bonds. The minimum absolute atomic E-state index is 0.0535. The molecule has 0 atom stereocenters. The molecule has 0 spiro atoms. The highest BCUT2D eigenvalue weighted by Gasteiger charge is 2.25. The van der Waals surface area contributed by atoms with E-state index in [0.717, 1.165) is 9.87 Å². The van der Waals surface area contributed by atoms with Crippen LogP contribution in [-0.2, 0) is 16.6 Å². The zero-order chi connectivity index (χ0) is 21.0. The Morgan fingerprint density at radius 3 is 2.59 bits per heavy atom. The molecule has 0 aliphatic carbocycles. The highest BCUT2D eigenvalue weighted by Crippen LogP contribution is 2.25. The fourth-order valence-electron chi connectivity index (χ4n) is 2.64. The highest BCUT2D eigenvalue weighted by molar-refractivity contribution is 7.89. The maximum Gasteiger partial charge on any atom is 0.254 e. The molecule has 10 heteroatoms. The first-order valence-electron chi connectivity index (χ1n) is 8.61. The van der Waals surface area contributed by atoms with E-state index >= 15 is 0 Å². The zero-order valence-corrected chi connectivity index (χ0v) is 16.9. The molecule has 3 aromatic rings. The first-order chi connectivity index (χ1) is 13.9. The number of sulfonamides is 1. The van der Waals surface area contributed by atoms with Gasteiger partial charge in [0.1, 0.15) is 5.75 Å². The van der Waals surface area contributed by atoms with Gasteiger partial charge in [0.2, 0.25) is 21.7 Å². The van der Waals surface area contributed by atoms with Crippen molar-refractivity contribution in [2.75, 3.05) is 21.2 Å². The number of nitrogens with one attached hydrogen (secondary N) is 1. The van der Waals surface area contributed by atoms with Crippen LogP contribution in [0.4, 0.5) is 0 Å². The summed E-state index contributed by atoms with van der Waals surface area (Å²) in [4.78, 5) is 16.2. The van der Waals surface area contributed by atoms with E-state index in [1.54, 1.807) is 0 Å². The van der Waals surface area contributed by atoms with Crippen LogP contribution in [0.25, 0.3) is 11.4 Å². The number of hydrogen-bond acceptors (Lipinski definition) is 7. The molecule has 0 aliphatic rings. The highest BCUT2D eigenvalue weighted by atomic mass is 32.2. The van der Waals surface area contributed by atoms with Crippen LogP contribution in [0.1, 0.15) is 16.2 Å². The van der Waals surface area contributed by atoms with Gasteiger partial charge in [0, 0.05) is 19.7 Å². The van der Waals surface area contributed by atoms with Crippen LogP contribution in [0.2, 0.25) is 0 Å². The molecule has 2 aromatic carbocycles. The Labute approximate surface area is 168 Å². The Morgan fingerprint density at radius 1 is 1.21 bits per heavy atom. The molecule has 9 nitrogen and oxygen atoms in total. The average molecular weight is 416 g/mol. The number of benzene rings is 2. The Bertz CT molecular complexity index is 1110. The molecule has 0 saturated carbocycles. The Morgan fingerprint density at radius 2 is 1.93 bits per heavy atom. The van der Waals surface area contributed by atoms with E-state index in [-0.39, 0.29) is 28.6 Å². The van der Waals surface area contributed by atoms with Crippen LogP contribution in [0.5, 0.6) is 5.75 Å². The van der Waals surface area contributed by atoms with Gasteiger partial charge < -0.3 is 14.6 Å². The first-order valence-corrected chi connectivity index (χ1v) is 10.0. The number of carbonyl (C=O) groups excluding carboxylic acids is 1. The second kappa shape index (κ2) is 8.41. The monoisotopic (exact) mass is 416 g/mol. The second-order valence-electron chi connectivity index (χ2n) is 6.08. The number of amides is 1. The van der Waals surface area contributed by atoms with E-state index in [9.17, 15) is 13.2 Å². The summed E-state index contributed by atoms with van der Waals surface area (Å²) in [6.07, 6.45) is 0. The normalized spacial score (nSPS) is 11.4. The maximum atomic E-state index is 12.9. The van der Waals surface area contributed by atoms with Gasteiger partial charge in [-0.2, -0.15) is 9.29 Å². The number of methoxy groups -OCH3 is 1. The van der Waals surface area contributed by atoms with Crippen molar-refractivity contribution in [1.82, 2.24) is 19.8 Å². The van der Waals surface area contributed by atoms with Crippen molar-refractivity contribution in [3.05, 3.63) is 60.0 Å². The molecule has 29 heavy (non-hydrogen) atoms. The molecular weight excluding hydrogens is 396 g/mol. The van der Waals surface area contributed by atoms with Gasteiger partial charge in [-0.3, -0.25) is 4.79 Å². The van der Waals surface area contributed by atoms with Crippen LogP contribution < -0.4 is 10.1 Å². The van der Waals surface area contributed by atoms with Crippen molar-refractivity contribution in [3.63, 3.8) is 0 Å². The van der Waals surface area contributed by atoms with E-state index in [1.807, 2.05) is 30.3 Å². The lowest BCUT2D eigenvalue weighted by Gasteiger charge is -2.16. The summed E-state index contributed by atoms with van der Waals surface area (Å²) >= 11 is 0. The molecule has 0 saturated heterocycles. The lowest BCUT2D eigenvalue weighted by atomic mass is 10.2. The summed E-state index contributed by atoms with van der Waals surface area (Å²) in [6, 6.07) is 13.3. The summed E-state index contributed by atoms with van der Waals surface area (Å²) in [7, 11) is 0.341. The molecule has 0 aliphatic heterocycles. The van der Waals surface area contributed by atoms with Gasteiger partial charge in [0.05, 0.1) is 24.1 Å². The molecule has 1 aromatic heterocycles. The Hall–Kier alpha value is -3.24. The van der Waals surface area contributed by atoms with Crippen molar-refractivity contribution < 1.29 is 22.5 Å². The number of hydrogen-bond donors (Lipinski definition) is 1. The fourth-order valence-corrected chi connectivity index (χ4v) is 3.79. The topological polar surface area (TPSA) is 115 Å². The predicted molar refractivity (Wildman–Crippen MR) is 105 cm³/mol. The second-order valence-corrected chi connectivity index (χ2v) is 8.12. The largest absolute Gasteiger partial charge is 0.496 e. The summed E-state index contributed by atoms with van der Waals surface area (Å²) in [6.45, 7) is -0.122. The van der Waals surface area contributed by atoms with Crippen LogP contribution in [-0.4, -0.2) is 50.0 Å². The van der Waals surface area contributed by atoms with E-state index in [0.29, 0.717) is 5.82 Å². The maximum absolute atomic E-state index is 12.9. The molecule has 0 fully saturated rings. The molecule has 0 bridgehead atoms. The summed E-state index contributed by atoms with van der Waals surface area (Å²) in [5.74, 6) is 0.342. The molecule has 0 radical (unpaired) electrons. The Balaban J connectivity index is 1.85. The average Bonchev–Trinajstić information content (AvgIpc) is 3.21. The molecule has 1 N–H and O–H groups in total. The van der Waals surface area contributed by atoms with Gasteiger partial charge in [-0.1, -0.05) is 35.5 Å². The molecule has 0 unspecified atom stereocenters. The van der Waals surface area contributed by atoms with Crippen molar-refractivity contribution in [3.8, 4) is 17.1 Å². The predicted octanol–water partition coefficient (Wildman–Crippen LogP) is 1.93. The molecular formula is C19H20N4O5S. The fraction of sp³-hybridized carbons (Fsp3) is 0.211. The summed E-state index contributed by atoms with van der Waals surface area (Å²) in [5, 5.41) is 6.35. The van der Waals surface area contributed by atoms with E-state index in [2.05, 4.69) is 15.5 Å². The van der Waals surface area contributed by atoms with E-state index in [4.69, 9.17) is 9.26 Å². The summed E-state index contributed by atoms with van der Waals surface area (Å²) in [5.41, 5.74) is 0.881. The zero-order valence-electron chi connectivity index (χ0n) is 16.1. The van der Waals surface area contributed by atoms with Crippen LogP contribution in [0, 0.1) is 0 Å². The number of aromatic nitrogens is 2. The smallest absolute Gasteiger partial charge is 0.254 e. The van der Waals surface area contributed by atoms with Gasteiger partial charge in [-0.05, 0) is 18.2 Å². The van der Waals surface area contributed by atoms with Crippen LogP contribution >= 0.6 is 0 Å². The number of nitrogens with zero attached hydrogens (tertiary/aromatic N) is 3. The molecule has 1 heterocycles. The number of rotatable bonds is 7. The van der Waals surface area contributed by atoms with Crippen LogP contribution in [0.15, 0.2) is 57.9 Å². The minimum Gasteiger partial charge on any atom is -0.496 e. The number of ether oxygens (including phenoxy) is 1. The lowest BCUT2D eigenvalue weighted by Crippen LogP contribution is -2.27. The molecule has 152 valence electrons. The standard InChI is InChI=1S/C19H20N4O5S/c1-20-19(24)15-11-14(9-10-16(15)27-3)29(25,26)23(2)12-17-21-18(22-28-17)13-7-5-4-6-8-13/h4-11H,12H2,1-3H3,(H,20,24). The van der Waals surface area contributed by atoms with Gasteiger partial charge in [-0.15, -0.1) is 0 Å². The van der Waals surface area contributed by atoms with Gasteiger partial charge >= 0.3 is 0 Å². The lowest BCUT2D eigenvalue weighted by molar-refractivity contribution is 0.0960. The van der Waals surface area contributed by atoms with Crippen LogP contribution in [0.3, 0.4) is 0 Å². The van der Waals surface area contributed by atoms with Crippen molar-refractivity contribution in [2.45, 2.75) is 11.4 Å². The quantitative estimate of drug-likeness (QED) is 0.626. The Kier molecular flexibility index (Phi) is 5.95. The SMILES string of the molecule is CNC(=O)c1cc(S(=O)(=O)N(C)Cc2nc(-c3ccccc3)no2)ccc1OC. The van der Waals surface area contributed by atoms with E-state index < -0.39 is 15.9 Å². The minimum atomic E-state index is -3.91. The van der Waals surface area contributed by atoms with Gasteiger partial charge in [0.15, 0.2) is 0 Å². The number of carbonyl (C=O) groups is 1. The van der Waals surface area contributed by atoms with Crippen molar-refractivity contribution in [1.29, 1.82) is 0 Å². The first kappa shape index (κ1) is 20.5.